The number of nitro groups is 1. The number of nitrogens with two attached hydrogens (primary N) is 1. The van der Waals surface area contributed by atoms with Gasteiger partial charge in [0.15, 0.2) is 0 Å². The van der Waals surface area contributed by atoms with Gasteiger partial charge in [-0.2, -0.15) is 11.8 Å². The maximum atomic E-state index is 12.2. The molecule has 0 heterocycles. The molecule has 0 saturated carbocycles. The molecular formula is C12H19N3O4S2. The van der Waals surface area contributed by atoms with Crippen molar-refractivity contribution in [2.75, 3.05) is 17.2 Å². The summed E-state index contributed by atoms with van der Waals surface area (Å²) < 4.78 is 26.9. The van der Waals surface area contributed by atoms with Gasteiger partial charge >= 0.3 is 0 Å². The summed E-state index contributed by atoms with van der Waals surface area (Å²) in [6.45, 7) is 3.82. The number of thioether (sulfide) groups is 1. The van der Waals surface area contributed by atoms with E-state index < -0.39 is 14.9 Å². The van der Waals surface area contributed by atoms with Crippen molar-refractivity contribution in [1.82, 2.24) is 4.72 Å². The molecule has 0 fully saturated rings. The second-order valence-electron chi connectivity index (χ2n) is 4.49. The second-order valence-corrected chi connectivity index (χ2v) is 7.59. The first kappa shape index (κ1) is 17.7. The molecule has 0 radical (unpaired) electrons. The van der Waals surface area contributed by atoms with E-state index in [4.69, 9.17) is 5.73 Å². The number of hydrogen-bond acceptors (Lipinski definition) is 6. The standard InChI is InChI=1S/C12H19N3O4S2/c1-3-20-7-6-9(2)14-21(18,19)10-4-5-12(15(16)17)11(13)8-10/h4-5,8-9,14H,3,6-7,13H2,1-2H3. The number of anilines is 1. The van der Waals surface area contributed by atoms with Crippen LogP contribution in [0.5, 0.6) is 0 Å². The maximum Gasteiger partial charge on any atom is 0.292 e. The first-order valence-corrected chi connectivity index (χ1v) is 9.05. The average Bonchev–Trinajstić information content (AvgIpc) is 2.37. The number of nitro benzene ring substituents is 1. The van der Waals surface area contributed by atoms with Crippen LogP contribution in [0.25, 0.3) is 0 Å². The van der Waals surface area contributed by atoms with Crippen molar-refractivity contribution in [3.8, 4) is 0 Å². The molecule has 0 saturated heterocycles. The summed E-state index contributed by atoms with van der Waals surface area (Å²) in [4.78, 5) is 9.95. The molecule has 0 aromatic heterocycles. The van der Waals surface area contributed by atoms with Gasteiger partial charge in [0.25, 0.3) is 5.69 Å². The van der Waals surface area contributed by atoms with E-state index in [1.807, 2.05) is 6.92 Å². The van der Waals surface area contributed by atoms with Gasteiger partial charge in [0.1, 0.15) is 5.69 Å². The van der Waals surface area contributed by atoms with E-state index in [0.717, 1.165) is 23.6 Å². The van der Waals surface area contributed by atoms with Gasteiger partial charge in [0, 0.05) is 12.1 Å². The van der Waals surface area contributed by atoms with Gasteiger partial charge in [-0.25, -0.2) is 13.1 Å². The summed E-state index contributed by atoms with van der Waals surface area (Å²) >= 11 is 1.74. The molecule has 1 rings (SSSR count). The van der Waals surface area contributed by atoms with Crippen LogP contribution in [0.15, 0.2) is 23.1 Å². The van der Waals surface area contributed by atoms with Gasteiger partial charge in [-0.1, -0.05) is 6.92 Å². The van der Waals surface area contributed by atoms with E-state index in [9.17, 15) is 18.5 Å². The van der Waals surface area contributed by atoms with Crippen LogP contribution in [-0.2, 0) is 10.0 Å². The number of nitrogens with one attached hydrogen (secondary N) is 1. The lowest BCUT2D eigenvalue weighted by Crippen LogP contribution is -2.33. The Morgan fingerprint density at radius 3 is 2.67 bits per heavy atom. The van der Waals surface area contributed by atoms with Crippen molar-refractivity contribution in [3.63, 3.8) is 0 Å². The summed E-state index contributed by atoms with van der Waals surface area (Å²) in [6, 6.07) is 3.17. The lowest BCUT2D eigenvalue weighted by Gasteiger charge is -2.14. The summed E-state index contributed by atoms with van der Waals surface area (Å²) in [5.41, 5.74) is 5.04. The molecule has 0 amide bonds. The zero-order valence-corrected chi connectivity index (χ0v) is 13.5. The molecule has 21 heavy (non-hydrogen) atoms. The third-order valence-corrected chi connectivity index (χ3v) is 5.28. The lowest BCUT2D eigenvalue weighted by molar-refractivity contribution is -0.383. The van der Waals surface area contributed by atoms with Gasteiger partial charge in [0.2, 0.25) is 10.0 Å². The average molecular weight is 333 g/mol. The van der Waals surface area contributed by atoms with Crippen molar-refractivity contribution < 1.29 is 13.3 Å². The van der Waals surface area contributed by atoms with Crippen LogP contribution in [0.1, 0.15) is 20.3 Å². The Labute approximate surface area is 128 Å². The van der Waals surface area contributed by atoms with Gasteiger partial charge in [-0.15, -0.1) is 0 Å². The fourth-order valence-electron chi connectivity index (χ4n) is 1.66. The zero-order valence-electron chi connectivity index (χ0n) is 11.9. The first-order chi connectivity index (χ1) is 9.77. The minimum Gasteiger partial charge on any atom is -0.393 e. The molecule has 1 atom stereocenters. The van der Waals surface area contributed by atoms with Gasteiger partial charge in [-0.3, -0.25) is 10.1 Å². The summed E-state index contributed by atoms with van der Waals surface area (Å²) in [5, 5.41) is 10.7. The predicted molar refractivity (Wildman–Crippen MR) is 84.9 cm³/mol. The molecule has 9 heteroatoms. The number of nitrogens with zero attached hydrogens (tertiary/aromatic N) is 1. The predicted octanol–water partition coefficient (Wildman–Crippen LogP) is 1.99. The Kier molecular flexibility index (Phi) is 6.43. The molecule has 1 aromatic rings. The Morgan fingerprint density at radius 2 is 2.14 bits per heavy atom. The van der Waals surface area contributed by atoms with Crippen LogP contribution in [-0.4, -0.2) is 30.9 Å². The molecular weight excluding hydrogens is 314 g/mol. The molecule has 3 N–H and O–H groups in total. The number of benzene rings is 1. The highest BCUT2D eigenvalue weighted by Crippen LogP contribution is 2.24. The largest absolute Gasteiger partial charge is 0.393 e. The number of sulfonamides is 1. The monoisotopic (exact) mass is 333 g/mol. The Bertz CT molecular complexity index is 605. The normalized spacial score (nSPS) is 13.0. The maximum absolute atomic E-state index is 12.2. The molecule has 118 valence electrons. The highest BCUT2D eigenvalue weighted by Gasteiger charge is 2.20. The second kappa shape index (κ2) is 7.62. The van der Waals surface area contributed by atoms with Crippen LogP contribution in [0, 0.1) is 10.1 Å². The third kappa shape index (κ3) is 5.18. The van der Waals surface area contributed by atoms with Crippen LogP contribution in [0.4, 0.5) is 11.4 Å². The number of nitrogen functional groups attached to an aromatic ring is 1. The van der Waals surface area contributed by atoms with Crippen LogP contribution >= 0.6 is 11.8 Å². The van der Waals surface area contributed by atoms with Crippen molar-refractivity contribution in [3.05, 3.63) is 28.3 Å². The number of hydrogen-bond donors (Lipinski definition) is 2. The molecule has 0 bridgehead atoms. The van der Waals surface area contributed by atoms with Gasteiger partial charge in [-0.05, 0) is 37.0 Å². The zero-order chi connectivity index (χ0) is 16.0. The first-order valence-electron chi connectivity index (χ1n) is 6.42. The fourth-order valence-corrected chi connectivity index (χ4v) is 3.78. The Hall–Kier alpha value is -1.32. The van der Waals surface area contributed by atoms with E-state index in [-0.39, 0.29) is 22.3 Å². The van der Waals surface area contributed by atoms with Gasteiger partial charge < -0.3 is 5.73 Å². The quantitative estimate of drug-likeness (QED) is 0.325. The summed E-state index contributed by atoms with van der Waals surface area (Å²) in [5.74, 6) is 1.85. The van der Waals surface area contributed by atoms with Gasteiger partial charge in [0.05, 0.1) is 9.82 Å². The van der Waals surface area contributed by atoms with Crippen LogP contribution in [0.3, 0.4) is 0 Å². The summed E-state index contributed by atoms with van der Waals surface area (Å²) in [7, 11) is -3.72. The molecule has 1 unspecified atom stereocenters. The topological polar surface area (TPSA) is 115 Å². The van der Waals surface area contributed by atoms with E-state index in [0.29, 0.717) is 6.42 Å². The molecule has 0 spiro atoms. The van der Waals surface area contributed by atoms with E-state index in [1.165, 1.54) is 6.07 Å². The minimum atomic E-state index is -3.72. The molecule has 0 aliphatic rings. The SMILES string of the molecule is CCSCCC(C)NS(=O)(=O)c1ccc([N+](=O)[O-])c(N)c1. The minimum absolute atomic E-state index is 0.0689. The smallest absolute Gasteiger partial charge is 0.292 e. The Balaban J connectivity index is 2.83. The van der Waals surface area contributed by atoms with E-state index >= 15 is 0 Å². The third-order valence-electron chi connectivity index (χ3n) is 2.76. The number of rotatable bonds is 8. The highest BCUT2D eigenvalue weighted by atomic mass is 32.2. The Morgan fingerprint density at radius 1 is 1.48 bits per heavy atom. The van der Waals surface area contributed by atoms with E-state index in [1.54, 1.807) is 18.7 Å². The van der Waals surface area contributed by atoms with E-state index in [2.05, 4.69) is 4.72 Å². The summed E-state index contributed by atoms with van der Waals surface area (Å²) in [6.07, 6.45) is 0.709. The van der Waals surface area contributed by atoms with Crippen LogP contribution < -0.4 is 10.5 Å². The molecule has 0 aliphatic carbocycles. The van der Waals surface area contributed by atoms with Crippen molar-refractivity contribution in [2.45, 2.75) is 31.2 Å². The van der Waals surface area contributed by atoms with Crippen molar-refractivity contribution in [1.29, 1.82) is 0 Å². The highest BCUT2D eigenvalue weighted by molar-refractivity contribution is 7.99. The van der Waals surface area contributed by atoms with Crippen LogP contribution in [0.2, 0.25) is 0 Å². The fraction of sp³-hybridized carbons (Fsp3) is 0.500. The lowest BCUT2D eigenvalue weighted by atomic mass is 10.3. The molecule has 0 aliphatic heterocycles. The molecule has 7 nitrogen and oxygen atoms in total. The molecule has 1 aromatic carbocycles. The van der Waals surface area contributed by atoms with Crippen molar-refractivity contribution >= 4 is 33.2 Å². The van der Waals surface area contributed by atoms with Crippen molar-refractivity contribution in [2.24, 2.45) is 0 Å².